The van der Waals surface area contributed by atoms with Gasteiger partial charge in [-0.15, -0.1) is 0 Å². The van der Waals surface area contributed by atoms with Gasteiger partial charge in [-0.2, -0.15) is 0 Å². The lowest BCUT2D eigenvalue weighted by atomic mass is 10.2. The molecule has 1 aliphatic rings. The van der Waals surface area contributed by atoms with Crippen molar-refractivity contribution in [1.29, 1.82) is 0 Å². The van der Waals surface area contributed by atoms with Crippen LogP contribution in [0.15, 0.2) is 0 Å². The van der Waals surface area contributed by atoms with E-state index in [1.54, 1.807) is 34.6 Å². The molecule has 160 valence electrons. The lowest BCUT2D eigenvalue weighted by Gasteiger charge is -2.34. The number of hydrogen-bond acceptors (Lipinski definition) is 6. The Labute approximate surface area is 165 Å². The van der Waals surface area contributed by atoms with E-state index in [0.717, 1.165) is 4.90 Å². The van der Waals surface area contributed by atoms with E-state index < -0.39 is 36.2 Å². The van der Waals surface area contributed by atoms with Gasteiger partial charge in [-0.1, -0.05) is 13.8 Å². The molecule has 1 rings (SSSR count). The molecule has 0 saturated carbocycles. The lowest BCUT2D eigenvalue weighted by molar-refractivity contribution is -0.148. The van der Waals surface area contributed by atoms with Gasteiger partial charge in [-0.3, -0.25) is 14.4 Å². The number of nitrogens with zero attached hydrogens (tertiary/aromatic N) is 3. The highest BCUT2D eigenvalue weighted by molar-refractivity contribution is 5.87. The smallest absolute Gasteiger partial charge is 0.410 e. The molecular formula is C18H32N4O6. The van der Waals surface area contributed by atoms with Crippen molar-refractivity contribution in [3.8, 4) is 0 Å². The van der Waals surface area contributed by atoms with Gasteiger partial charge in [0.2, 0.25) is 17.7 Å². The van der Waals surface area contributed by atoms with Gasteiger partial charge in [0.1, 0.15) is 11.6 Å². The molecule has 3 N–H and O–H groups in total. The molecule has 0 aromatic heterocycles. The number of aliphatic hydroxyl groups excluding tert-OH is 1. The van der Waals surface area contributed by atoms with Crippen molar-refractivity contribution in [2.24, 2.45) is 11.7 Å². The molecule has 0 bridgehead atoms. The van der Waals surface area contributed by atoms with Crippen LogP contribution in [0.1, 0.15) is 41.0 Å². The Morgan fingerprint density at radius 3 is 2.18 bits per heavy atom. The molecule has 28 heavy (non-hydrogen) atoms. The third-order valence-corrected chi connectivity index (χ3v) is 4.21. The molecule has 1 heterocycles. The second-order valence-electron chi connectivity index (χ2n) is 8.08. The van der Waals surface area contributed by atoms with Crippen LogP contribution in [-0.4, -0.2) is 88.2 Å². The highest BCUT2D eigenvalue weighted by atomic mass is 16.6. The van der Waals surface area contributed by atoms with Crippen molar-refractivity contribution in [3.05, 3.63) is 0 Å². The SMILES string of the molecule is CC(C)C(=O)N1CCN(C(=O)OC(C)(C)C)CCC(=O)N([C@@H](CO)C(N)=O)C1. The Kier molecular flexibility index (Phi) is 8.22. The van der Waals surface area contributed by atoms with Crippen molar-refractivity contribution >= 4 is 23.8 Å². The van der Waals surface area contributed by atoms with Gasteiger partial charge in [0.05, 0.1) is 13.3 Å². The van der Waals surface area contributed by atoms with Crippen LogP contribution in [0, 0.1) is 5.92 Å². The van der Waals surface area contributed by atoms with Crippen LogP contribution in [0.5, 0.6) is 0 Å². The first kappa shape index (κ1) is 23.7. The second kappa shape index (κ2) is 9.72. The van der Waals surface area contributed by atoms with Crippen molar-refractivity contribution < 1.29 is 29.0 Å². The van der Waals surface area contributed by atoms with Crippen molar-refractivity contribution in [3.63, 3.8) is 0 Å². The Balaban J connectivity index is 3.15. The molecule has 1 fully saturated rings. The molecule has 0 spiro atoms. The third kappa shape index (κ3) is 6.66. The molecule has 0 radical (unpaired) electrons. The summed E-state index contributed by atoms with van der Waals surface area (Å²) < 4.78 is 5.37. The number of primary amides is 1. The van der Waals surface area contributed by atoms with Gasteiger partial charge in [-0.25, -0.2) is 4.79 Å². The molecule has 0 aromatic rings. The number of hydrogen-bond donors (Lipinski definition) is 2. The summed E-state index contributed by atoms with van der Waals surface area (Å²) in [6.45, 7) is 8.18. The molecular weight excluding hydrogens is 368 g/mol. The number of amides is 4. The Hall–Kier alpha value is -2.36. The molecule has 0 unspecified atom stereocenters. The number of carbonyl (C=O) groups excluding carboxylic acids is 4. The number of ether oxygens (including phenoxy) is 1. The van der Waals surface area contributed by atoms with Crippen LogP contribution in [0.3, 0.4) is 0 Å². The molecule has 1 atom stereocenters. The molecule has 0 aliphatic carbocycles. The van der Waals surface area contributed by atoms with E-state index in [9.17, 15) is 24.3 Å². The van der Waals surface area contributed by atoms with Gasteiger partial charge in [0, 0.05) is 32.0 Å². The van der Waals surface area contributed by atoms with Crippen molar-refractivity contribution in [2.75, 3.05) is 32.9 Å². The lowest BCUT2D eigenvalue weighted by Crippen LogP contribution is -2.55. The minimum Gasteiger partial charge on any atom is -0.444 e. The zero-order valence-corrected chi connectivity index (χ0v) is 17.3. The van der Waals surface area contributed by atoms with Crippen LogP contribution in [0.25, 0.3) is 0 Å². The van der Waals surface area contributed by atoms with E-state index in [1.165, 1.54) is 9.80 Å². The molecule has 1 saturated heterocycles. The minimum absolute atomic E-state index is 0.0604. The van der Waals surface area contributed by atoms with Gasteiger partial charge in [0.25, 0.3) is 0 Å². The maximum Gasteiger partial charge on any atom is 0.410 e. The fourth-order valence-corrected chi connectivity index (χ4v) is 2.73. The van der Waals surface area contributed by atoms with E-state index in [-0.39, 0.29) is 44.5 Å². The first-order valence-corrected chi connectivity index (χ1v) is 9.33. The fourth-order valence-electron chi connectivity index (χ4n) is 2.73. The monoisotopic (exact) mass is 400 g/mol. The van der Waals surface area contributed by atoms with E-state index in [1.807, 2.05) is 0 Å². The standard InChI is InChI=1S/C18H32N4O6/c1-12(2)16(26)21-9-8-20(17(27)28-18(3,4)5)7-6-14(24)22(11-21)13(10-23)15(19)25/h12-13,23H,6-11H2,1-5H3,(H2,19,25)/t13-/m0/s1. The molecule has 1 aliphatic heterocycles. The van der Waals surface area contributed by atoms with E-state index >= 15 is 0 Å². The predicted octanol–water partition coefficient (Wildman–Crippen LogP) is -0.256. The van der Waals surface area contributed by atoms with Gasteiger partial charge in [0.15, 0.2) is 0 Å². The van der Waals surface area contributed by atoms with Crippen LogP contribution in [-0.2, 0) is 19.1 Å². The zero-order valence-electron chi connectivity index (χ0n) is 17.3. The second-order valence-corrected chi connectivity index (χ2v) is 8.08. The van der Waals surface area contributed by atoms with Crippen LogP contribution in [0.2, 0.25) is 0 Å². The number of carbonyl (C=O) groups is 4. The first-order chi connectivity index (χ1) is 12.9. The number of rotatable bonds is 4. The predicted molar refractivity (Wildman–Crippen MR) is 101 cm³/mol. The average molecular weight is 400 g/mol. The van der Waals surface area contributed by atoms with E-state index in [4.69, 9.17) is 10.5 Å². The third-order valence-electron chi connectivity index (χ3n) is 4.21. The van der Waals surface area contributed by atoms with E-state index in [0.29, 0.717) is 0 Å². The normalized spacial score (nSPS) is 17.7. The van der Waals surface area contributed by atoms with Crippen LogP contribution in [0.4, 0.5) is 4.79 Å². The minimum atomic E-state index is -1.25. The summed E-state index contributed by atoms with van der Waals surface area (Å²) in [4.78, 5) is 53.3. The van der Waals surface area contributed by atoms with Crippen molar-refractivity contribution in [1.82, 2.24) is 14.7 Å². The first-order valence-electron chi connectivity index (χ1n) is 9.33. The summed E-state index contributed by atoms with van der Waals surface area (Å²) in [5.74, 6) is -1.95. The van der Waals surface area contributed by atoms with Crippen LogP contribution >= 0.6 is 0 Å². The fraction of sp³-hybridized carbons (Fsp3) is 0.778. The molecule has 10 heteroatoms. The van der Waals surface area contributed by atoms with Crippen LogP contribution < -0.4 is 5.73 Å². The summed E-state index contributed by atoms with van der Waals surface area (Å²) in [5, 5.41) is 9.52. The highest BCUT2D eigenvalue weighted by Gasteiger charge is 2.34. The largest absolute Gasteiger partial charge is 0.444 e. The summed E-state index contributed by atoms with van der Waals surface area (Å²) in [6, 6.07) is -1.25. The summed E-state index contributed by atoms with van der Waals surface area (Å²) in [5.41, 5.74) is 4.61. The number of aliphatic hydroxyl groups is 1. The Morgan fingerprint density at radius 2 is 1.71 bits per heavy atom. The number of nitrogens with two attached hydrogens (primary N) is 1. The highest BCUT2D eigenvalue weighted by Crippen LogP contribution is 2.15. The summed E-state index contributed by atoms with van der Waals surface area (Å²) >= 11 is 0. The zero-order chi connectivity index (χ0) is 21.6. The van der Waals surface area contributed by atoms with Gasteiger partial charge in [-0.05, 0) is 20.8 Å². The molecule has 0 aromatic carbocycles. The quantitative estimate of drug-likeness (QED) is 0.668. The Bertz CT molecular complexity index is 601. The maximum absolute atomic E-state index is 12.7. The van der Waals surface area contributed by atoms with Gasteiger partial charge < -0.3 is 30.3 Å². The molecule has 10 nitrogen and oxygen atoms in total. The maximum atomic E-state index is 12.7. The van der Waals surface area contributed by atoms with E-state index in [2.05, 4.69) is 0 Å². The summed E-state index contributed by atoms with van der Waals surface area (Å²) in [7, 11) is 0. The summed E-state index contributed by atoms with van der Waals surface area (Å²) in [6.07, 6.45) is -0.675. The Morgan fingerprint density at radius 1 is 1.14 bits per heavy atom. The molecule has 4 amide bonds. The topological polar surface area (TPSA) is 133 Å². The van der Waals surface area contributed by atoms with Gasteiger partial charge >= 0.3 is 6.09 Å². The average Bonchev–Trinajstić information content (AvgIpc) is 2.63. The van der Waals surface area contributed by atoms with Crippen molar-refractivity contribution in [2.45, 2.75) is 52.7 Å².